The summed E-state index contributed by atoms with van der Waals surface area (Å²) in [5, 5.41) is 0. The van der Waals surface area contributed by atoms with Crippen LogP contribution in [0.25, 0.3) is 17.8 Å². The van der Waals surface area contributed by atoms with Crippen LogP contribution < -0.4 is 24.7 Å². The molecule has 0 spiro atoms. The van der Waals surface area contributed by atoms with Gasteiger partial charge in [-0.1, -0.05) is 60.4 Å². The van der Waals surface area contributed by atoms with Gasteiger partial charge in [0.05, 0.1) is 30.5 Å². The van der Waals surface area contributed by atoms with E-state index in [1.54, 1.807) is 68.2 Å². The Kier molecular flexibility index (Phi) is 8.65. The highest BCUT2D eigenvalue weighted by atomic mass is 32.2. The third-order valence-corrected chi connectivity index (χ3v) is 8.07. The molecule has 2 heterocycles. The van der Waals surface area contributed by atoms with E-state index in [0.29, 0.717) is 33.3 Å². The minimum atomic E-state index is -0.581. The number of hydrogen-bond acceptors (Lipinski definition) is 8. The van der Waals surface area contributed by atoms with Crippen molar-refractivity contribution in [3.05, 3.63) is 111 Å². The maximum absolute atomic E-state index is 13.6. The number of esters is 1. The van der Waals surface area contributed by atoms with Gasteiger partial charge >= 0.3 is 5.97 Å². The van der Waals surface area contributed by atoms with E-state index in [9.17, 15) is 14.4 Å². The molecule has 1 aliphatic rings. The summed E-state index contributed by atoms with van der Waals surface area (Å²) < 4.78 is 19.5. The molecule has 9 nitrogen and oxygen atoms in total. The zero-order valence-electron chi connectivity index (χ0n) is 23.8. The number of para-hydroxylation sites is 1. The molecule has 5 rings (SSSR count). The van der Waals surface area contributed by atoms with Crippen LogP contribution in [-0.2, 0) is 16.6 Å². The second-order valence-corrected chi connectivity index (χ2v) is 11.0. The van der Waals surface area contributed by atoms with Crippen LogP contribution >= 0.6 is 24.0 Å². The van der Waals surface area contributed by atoms with E-state index in [1.807, 2.05) is 42.5 Å². The van der Waals surface area contributed by atoms with Crippen LogP contribution in [0.4, 0.5) is 5.69 Å². The molecular weight excluding hydrogens is 587 g/mol. The molecule has 1 aliphatic heterocycles. The molecule has 0 radical (unpaired) electrons. The molecular formula is C32H27N3O6S2. The summed E-state index contributed by atoms with van der Waals surface area (Å²) in [7, 11) is 4.80. The van der Waals surface area contributed by atoms with E-state index in [1.165, 1.54) is 22.8 Å². The Hall–Kier alpha value is -4.87. The predicted molar refractivity (Wildman–Crippen MR) is 172 cm³/mol. The number of ether oxygens (including phenoxy) is 3. The largest absolute Gasteiger partial charge is 0.497 e. The van der Waals surface area contributed by atoms with Gasteiger partial charge in [0.1, 0.15) is 11.4 Å². The van der Waals surface area contributed by atoms with Crippen molar-refractivity contribution in [3.8, 4) is 22.9 Å². The van der Waals surface area contributed by atoms with Gasteiger partial charge in [0.15, 0.2) is 15.8 Å². The molecule has 1 aromatic heterocycles. The Morgan fingerprint density at radius 1 is 0.907 bits per heavy atom. The highest BCUT2D eigenvalue weighted by Gasteiger charge is 2.37. The normalized spacial score (nSPS) is 14.1. The van der Waals surface area contributed by atoms with Crippen molar-refractivity contribution in [2.75, 3.05) is 19.1 Å². The van der Waals surface area contributed by atoms with Gasteiger partial charge in [-0.2, -0.15) is 0 Å². The van der Waals surface area contributed by atoms with Gasteiger partial charge in [-0.15, -0.1) is 0 Å². The summed E-state index contributed by atoms with van der Waals surface area (Å²) >= 11 is 6.65. The molecule has 1 fully saturated rings. The molecule has 1 saturated heterocycles. The summed E-state index contributed by atoms with van der Waals surface area (Å²) in [6.07, 6.45) is 4.61. The summed E-state index contributed by atoms with van der Waals surface area (Å²) in [4.78, 5) is 41.1. The fourth-order valence-corrected chi connectivity index (χ4v) is 5.77. The Morgan fingerprint density at radius 3 is 2.28 bits per heavy atom. The van der Waals surface area contributed by atoms with Crippen LogP contribution in [0.2, 0.25) is 0 Å². The van der Waals surface area contributed by atoms with Crippen molar-refractivity contribution >= 4 is 58.0 Å². The van der Waals surface area contributed by atoms with Crippen LogP contribution in [0.1, 0.15) is 16.8 Å². The first-order chi connectivity index (χ1) is 20.7. The standard InChI is InChI=1S/C32H27N3O6S2/c1-20-29(31(38)35(33(20)2)23-8-6-5-7-9-23)34-30(37)27(43-32(34)42)19-22-12-16-25(26(18-22)40-4)41-28(36)17-13-21-10-14-24(39-3)15-11-21/h5-19H,1-4H3/b17-13+,27-19+. The smallest absolute Gasteiger partial charge is 0.336 e. The second kappa shape index (κ2) is 12.6. The van der Waals surface area contributed by atoms with E-state index in [2.05, 4.69) is 0 Å². The summed E-state index contributed by atoms with van der Waals surface area (Å²) in [6.45, 7) is 1.77. The molecule has 218 valence electrons. The van der Waals surface area contributed by atoms with E-state index in [-0.39, 0.29) is 21.3 Å². The van der Waals surface area contributed by atoms with Crippen LogP contribution in [0, 0.1) is 6.92 Å². The van der Waals surface area contributed by atoms with Gasteiger partial charge < -0.3 is 14.2 Å². The SMILES string of the molecule is COc1ccc(/C=C/C(=O)Oc2ccc(/C=C3/SC(=S)N(c4c(C)n(C)n(-c5ccccc5)c4=O)C3=O)cc2OC)cc1. The molecule has 4 aromatic rings. The average Bonchev–Trinajstić information content (AvgIpc) is 3.41. The molecule has 3 aromatic carbocycles. The van der Waals surface area contributed by atoms with E-state index >= 15 is 0 Å². The number of thioether (sulfide) groups is 1. The fraction of sp³-hybridized carbons (Fsp3) is 0.125. The van der Waals surface area contributed by atoms with Crippen molar-refractivity contribution in [2.45, 2.75) is 6.92 Å². The number of carbonyl (C=O) groups excluding carboxylic acids is 2. The van der Waals surface area contributed by atoms with Crippen LogP contribution in [-0.4, -0.2) is 39.8 Å². The first kappa shape index (κ1) is 29.6. The molecule has 0 unspecified atom stereocenters. The molecule has 0 N–H and O–H groups in total. The van der Waals surface area contributed by atoms with Crippen LogP contribution in [0.15, 0.2) is 88.6 Å². The van der Waals surface area contributed by atoms with E-state index in [0.717, 1.165) is 17.3 Å². The monoisotopic (exact) mass is 613 g/mol. The van der Waals surface area contributed by atoms with Gasteiger partial charge in [0, 0.05) is 13.1 Å². The number of amides is 1. The molecule has 1 amide bonds. The van der Waals surface area contributed by atoms with Gasteiger partial charge in [-0.3, -0.25) is 19.2 Å². The van der Waals surface area contributed by atoms with Crippen molar-refractivity contribution in [3.63, 3.8) is 0 Å². The zero-order chi connectivity index (χ0) is 30.7. The highest BCUT2D eigenvalue weighted by molar-refractivity contribution is 8.27. The number of nitrogens with zero attached hydrogens (tertiary/aromatic N) is 3. The number of rotatable bonds is 8. The first-order valence-electron chi connectivity index (χ1n) is 13.1. The molecule has 0 atom stereocenters. The minimum absolute atomic E-state index is 0.208. The number of benzene rings is 3. The molecule has 0 aliphatic carbocycles. The van der Waals surface area contributed by atoms with Crippen molar-refractivity contribution in [2.24, 2.45) is 7.05 Å². The fourth-order valence-electron chi connectivity index (χ4n) is 4.50. The third-order valence-electron chi connectivity index (χ3n) is 6.76. The summed E-state index contributed by atoms with van der Waals surface area (Å²) in [6, 6.07) is 21.3. The number of carbonyl (C=O) groups is 2. The lowest BCUT2D eigenvalue weighted by Crippen LogP contribution is -2.33. The van der Waals surface area contributed by atoms with Crippen molar-refractivity contribution < 1.29 is 23.8 Å². The lowest BCUT2D eigenvalue weighted by Gasteiger charge is -2.12. The number of thiocarbonyl (C=S) groups is 1. The first-order valence-corrected chi connectivity index (χ1v) is 14.3. The Labute approximate surface area is 257 Å². The van der Waals surface area contributed by atoms with Gasteiger partial charge in [-0.05, 0) is 66.6 Å². The number of anilines is 1. The highest BCUT2D eigenvalue weighted by Crippen LogP contribution is 2.37. The van der Waals surface area contributed by atoms with Gasteiger partial charge in [-0.25, -0.2) is 9.48 Å². The molecule has 0 saturated carbocycles. The zero-order valence-corrected chi connectivity index (χ0v) is 25.4. The lowest BCUT2D eigenvalue weighted by atomic mass is 10.1. The average molecular weight is 614 g/mol. The number of aromatic nitrogens is 2. The van der Waals surface area contributed by atoms with Crippen molar-refractivity contribution in [1.29, 1.82) is 0 Å². The topological polar surface area (TPSA) is 92.0 Å². The molecule has 0 bridgehead atoms. The molecule has 43 heavy (non-hydrogen) atoms. The summed E-state index contributed by atoms with van der Waals surface area (Å²) in [5.74, 6) is 0.257. The van der Waals surface area contributed by atoms with E-state index in [4.69, 9.17) is 26.4 Å². The Balaban J connectivity index is 1.36. The predicted octanol–water partition coefficient (Wildman–Crippen LogP) is 5.53. The lowest BCUT2D eigenvalue weighted by molar-refractivity contribution is -0.129. The van der Waals surface area contributed by atoms with Crippen molar-refractivity contribution in [1.82, 2.24) is 9.36 Å². The number of methoxy groups -OCH3 is 2. The quantitative estimate of drug-likeness (QED) is 0.111. The van der Waals surface area contributed by atoms with Gasteiger partial charge in [0.25, 0.3) is 11.5 Å². The Bertz CT molecular complexity index is 1840. The second-order valence-electron chi connectivity index (χ2n) is 9.37. The minimum Gasteiger partial charge on any atom is -0.497 e. The van der Waals surface area contributed by atoms with Gasteiger partial charge in [0.2, 0.25) is 0 Å². The van der Waals surface area contributed by atoms with Crippen LogP contribution in [0.3, 0.4) is 0 Å². The maximum atomic E-state index is 13.6. The van der Waals surface area contributed by atoms with Crippen LogP contribution in [0.5, 0.6) is 17.2 Å². The Morgan fingerprint density at radius 2 is 1.60 bits per heavy atom. The van der Waals surface area contributed by atoms with E-state index < -0.39 is 11.9 Å². The molecule has 11 heteroatoms. The number of hydrogen-bond donors (Lipinski definition) is 0. The third kappa shape index (κ3) is 6.04. The maximum Gasteiger partial charge on any atom is 0.336 e. The summed E-state index contributed by atoms with van der Waals surface area (Å²) in [5.41, 5.74) is 2.56.